The average molecular weight is 377 g/mol. The highest BCUT2D eigenvalue weighted by molar-refractivity contribution is 7.88. The molecule has 4 aliphatic rings. The van der Waals surface area contributed by atoms with E-state index in [1.807, 2.05) is 12.1 Å². The summed E-state index contributed by atoms with van der Waals surface area (Å²) >= 11 is 0. The molecule has 0 radical (unpaired) electrons. The zero-order chi connectivity index (χ0) is 18.5. The fourth-order valence-corrected chi connectivity index (χ4v) is 5.92. The smallest absolute Gasteiger partial charge is 0.251 e. The highest BCUT2D eigenvalue weighted by atomic mass is 32.2. The number of benzene rings is 1. The van der Waals surface area contributed by atoms with Crippen molar-refractivity contribution in [1.82, 2.24) is 9.62 Å². The summed E-state index contributed by atoms with van der Waals surface area (Å²) in [6, 6.07) is 7.63. The number of carbonyl (C=O) groups is 1. The molecule has 6 heteroatoms. The second kappa shape index (κ2) is 6.64. The lowest BCUT2D eigenvalue weighted by Crippen LogP contribution is -2.55. The third-order valence-electron chi connectivity index (χ3n) is 6.71. The topological polar surface area (TPSA) is 66.5 Å². The van der Waals surface area contributed by atoms with E-state index in [0.717, 1.165) is 17.4 Å². The second-order valence-electron chi connectivity index (χ2n) is 8.65. The molecule has 0 heterocycles. The normalized spacial score (nSPS) is 32.8. The molecule has 1 amide bonds. The minimum atomic E-state index is -3.20. The molecule has 0 aliphatic heterocycles. The van der Waals surface area contributed by atoms with Crippen LogP contribution in [0.2, 0.25) is 0 Å². The van der Waals surface area contributed by atoms with E-state index in [9.17, 15) is 13.2 Å². The average Bonchev–Trinajstić information content (AvgIpc) is 2.57. The van der Waals surface area contributed by atoms with Gasteiger partial charge in [0.1, 0.15) is 0 Å². The number of hydrogen-bond acceptors (Lipinski definition) is 3. The van der Waals surface area contributed by atoms with Crippen molar-refractivity contribution in [2.24, 2.45) is 23.7 Å². The van der Waals surface area contributed by atoms with Gasteiger partial charge in [-0.05, 0) is 73.5 Å². The lowest BCUT2D eigenvalue weighted by Gasteiger charge is -2.54. The van der Waals surface area contributed by atoms with Crippen LogP contribution in [0.3, 0.4) is 0 Å². The van der Waals surface area contributed by atoms with E-state index in [2.05, 4.69) is 5.32 Å². The van der Waals surface area contributed by atoms with Gasteiger partial charge in [0.25, 0.3) is 5.91 Å². The van der Waals surface area contributed by atoms with Crippen LogP contribution in [0.15, 0.2) is 24.3 Å². The minimum Gasteiger partial charge on any atom is -0.349 e. The maximum Gasteiger partial charge on any atom is 0.251 e. The van der Waals surface area contributed by atoms with Gasteiger partial charge in [-0.15, -0.1) is 0 Å². The molecule has 4 saturated carbocycles. The summed E-state index contributed by atoms with van der Waals surface area (Å²) in [5.41, 5.74) is 1.54. The van der Waals surface area contributed by atoms with Crippen LogP contribution in [0.4, 0.5) is 0 Å². The van der Waals surface area contributed by atoms with Crippen molar-refractivity contribution in [3.63, 3.8) is 0 Å². The van der Waals surface area contributed by atoms with E-state index < -0.39 is 10.0 Å². The third-order valence-corrected chi connectivity index (χ3v) is 7.97. The van der Waals surface area contributed by atoms with Crippen molar-refractivity contribution in [1.29, 1.82) is 0 Å². The zero-order valence-corrected chi connectivity index (χ0v) is 16.3. The molecule has 1 aromatic carbocycles. The Kier molecular flexibility index (Phi) is 4.59. The van der Waals surface area contributed by atoms with E-state index in [1.165, 1.54) is 42.7 Å². The molecule has 0 saturated heterocycles. The molecule has 5 nitrogen and oxygen atoms in total. The molecule has 4 fully saturated rings. The summed E-state index contributed by atoms with van der Waals surface area (Å²) in [5, 5.41) is 3.32. The number of carbonyl (C=O) groups excluding carboxylic acids is 1. The van der Waals surface area contributed by atoms with Crippen LogP contribution in [0.1, 0.15) is 48.0 Å². The first kappa shape index (κ1) is 18.0. The van der Waals surface area contributed by atoms with Gasteiger partial charge < -0.3 is 5.32 Å². The maximum atomic E-state index is 12.7. The van der Waals surface area contributed by atoms with Gasteiger partial charge in [0, 0.05) is 25.2 Å². The monoisotopic (exact) mass is 376 g/mol. The Morgan fingerprint density at radius 1 is 1.04 bits per heavy atom. The van der Waals surface area contributed by atoms with E-state index in [4.69, 9.17) is 0 Å². The number of rotatable bonds is 5. The van der Waals surface area contributed by atoms with Crippen LogP contribution < -0.4 is 5.32 Å². The van der Waals surface area contributed by atoms with Gasteiger partial charge in [-0.25, -0.2) is 12.7 Å². The van der Waals surface area contributed by atoms with Gasteiger partial charge in [-0.2, -0.15) is 0 Å². The van der Waals surface area contributed by atoms with E-state index in [1.54, 1.807) is 19.2 Å². The van der Waals surface area contributed by atoms with Crippen LogP contribution in [0, 0.1) is 23.7 Å². The standard InChI is InChI=1S/C20H28N2O3S/c1-22(26(2,24)25)12-13-3-5-16(6-4-13)20(23)21-19-17-8-14-7-15(10-17)11-18(19)9-14/h3-6,14-15,17-19H,7-12H2,1-2H3,(H,21,23). The van der Waals surface area contributed by atoms with Crippen molar-refractivity contribution in [3.8, 4) is 0 Å². The quantitative estimate of drug-likeness (QED) is 0.859. The molecule has 0 unspecified atom stereocenters. The molecule has 4 aliphatic carbocycles. The Morgan fingerprint density at radius 3 is 2.08 bits per heavy atom. The zero-order valence-electron chi connectivity index (χ0n) is 15.5. The Labute approximate surface area is 156 Å². The highest BCUT2D eigenvalue weighted by Gasteiger charge is 2.48. The number of nitrogens with one attached hydrogen (secondary N) is 1. The Balaban J connectivity index is 1.39. The van der Waals surface area contributed by atoms with Gasteiger partial charge in [0.2, 0.25) is 10.0 Å². The van der Waals surface area contributed by atoms with Crippen LogP contribution in [0.25, 0.3) is 0 Å². The fraction of sp³-hybridized carbons (Fsp3) is 0.650. The summed E-state index contributed by atoms with van der Waals surface area (Å²) in [4.78, 5) is 12.7. The van der Waals surface area contributed by atoms with Crippen LogP contribution in [-0.2, 0) is 16.6 Å². The Hall–Kier alpha value is -1.40. The van der Waals surface area contributed by atoms with Gasteiger partial charge >= 0.3 is 0 Å². The summed E-state index contributed by atoms with van der Waals surface area (Å²) in [5.74, 6) is 3.13. The fourth-order valence-electron chi connectivity index (χ4n) is 5.53. The number of nitrogens with zero attached hydrogens (tertiary/aromatic N) is 1. The van der Waals surface area contributed by atoms with E-state index in [-0.39, 0.29) is 5.91 Å². The molecule has 1 aromatic rings. The number of amides is 1. The van der Waals surface area contributed by atoms with Crippen molar-refractivity contribution < 1.29 is 13.2 Å². The van der Waals surface area contributed by atoms with Crippen molar-refractivity contribution in [2.75, 3.05) is 13.3 Å². The molecule has 0 aromatic heterocycles. The maximum absolute atomic E-state index is 12.7. The number of sulfonamides is 1. The van der Waals surface area contributed by atoms with Crippen molar-refractivity contribution in [2.45, 2.75) is 44.7 Å². The predicted molar refractivity (Wildman–Crippen MR) is 101 cm³/mol. The summed E-state index contributed by atoms with van der Waals surface area (Å²) in [6.45, 7) is 0.316. The van der Waals surface area contributed by atoms with Crippen molar-refractivity contribution in [3.05, 3.63) is 35.4 Å². The molecule has 4 bridgehead atoms. The highest BCUT2D eigenvalue weighted by Crippen LogP contribution is 2.53. The largest absolute Gasteiger partial charge is 0.349 e. The molecule has 5 rings (SSSR count). The molecular weight excluding hydrogens is 348 g/mol. The predicted octanol–water partition coefficient (Wildman–Crippen LogP) is 2.63. The van der Waals surface area contributed by atoms with Gasteiger partial charge in [-0.3, -0.25) is 4.79 Å². The second-order valence-corrected chi connectivity index (χ2v) is 10.7. The van der Waals surface area contributed by atoms with Crippen LogP contribution in [0.5, 0.6) is 0 Å². The number of hydrogen-bond donors (Lipinski definition) is 1. The molecule has 142 valence electrons. The lowest BCUT2D eigenvalue weighted by molar-refractivity contribution is -0.0119. The van der Waals surface area contributed by atoms with Crippen LogP contribution >= 0.6 is 0 Å². The van der Waals surface area contributed by atoms with E-state index >= 15 is 0 Å². The minimum absolute atomic E-state index is 0.00508. The van der Waals surface area contributed by atoms with Gasteiger partial charge in [0.05, 0.1) is 6.26 Å². The van der Waals surface area contributed by atoms with Crippen LogP contribution in [-0.4, -0.2) is 38.0 Å². The van der Waals surface area contributed by atoms with E-state index in [0.29, 0.717) is 30.0 Å². The third kappa shape index (κ3) is 3.54. The summed E-state index contributed by atoms with van der Waals surface area (Å²) in [7, 11) is -1.64. The molecule has 26 heavy (non-hydrogen) atoms. The lowest BCUT2D eigenvalue weighted by atomic mass is 9.54. The van der Waals surface area contributed by atoms with Crippen molar-refractivity contribution >= 4 is 15.9 Å². The summed E-state index contributed by atoms with van der Waals surface area (Å²) < 4.78 is 24.3. The Bertz CT molecular complexity index is 760. The first-order chi connectivity index (χ1) is 12.3. The molecule has 1 N–H and O–H groups in total. The molecule has 0 atom stereocenters. The summed E-state index contributed by atoms with van der Waals surface area (Å²) in [6.07, 6.45) is 7.75. The molecular formula is C20H28N2O3S. The Morgan fingerprint density at radius 2 is 1.58 bits per heavy atom. The SMILES string of the molecule is CN(Cc1ccc(C(=O)NC2C3CC4CC(C3)CC2C4)cc1)S(C)(=O)=O. The van der Waals surface area contributed by atoms with Gasteiger partial charge in [0.15, 0.2) is 0 Å². The van der Waals surface area contributed by atoms with Gasteiger partial charge in [-0.1, -0.05) is 12.1 Å². The first-order valence-electron chi connectivity index (χ1n) is 9.60. The first-order valence-corrected chi connectivity index (χ1v) is 11.5. The molecule has 0 spiro atoms.